The van der Waals surface area contributed by atoms with Crippen LogP contribution >= 0.6 is 17.0 Å². The van der Waals surface area contributed by atoms with E-state index in [2.05, 4.69) is 56.5 Å². The fourth-order valence-electron chi connectivity index (χ4n) is 2.49. The first-order valence-corrected chi connectivity index (χ1v) is 5.56. The molecule has 88 valence electrons. The zero-order valence-electron chi connectivity index (χ0n) is 10.2. The Morgan fingerprint density at radius 1 is 1.38 bits per heavy atom. The lowest BCUT2D eigenvalue weighted by Crippen LogP contribution is -2.38. The zero-order valence-corrected chi connectivity index (χ0v) is 11.9. The largest absolute Gasteiger partial charge is 0.364 e. The summed E-state index contributed by atoms with van der Waals surface area (Å²) in [4.78, 5) is 2.43. The maximum atomic E-state index is 3.84. The van der Waals surface area contributed by atoms with Crippen molar-refractivity contribution in [3.63, 3.8) is 0 Å². The lowest BCUT2D eigenvalue weighted by atomic mass is 9.81. The van der Waals surface area contributed by atoms with Crippen LogP contribution in [0.15, 0.2) is 36.9 Å². The second-order valence-corrected chi connectivity index (χ2v) is 4.86. The minimum absolute atomic E-state index is 0. The molecule has 1 heterocycles. The fourth-order valence-corrected chi connectivity index (χ4v) is 2.49. The van der Waals surface area contributed by atoms with Crippen LogP contribution in [0, 0.1) is 0 Å². The maximum absolute atomic E-state index is 3.84. The fraction of sp³-hybridized carbons (Fsp3) is 0.429. The topological polar surface area (TPSA) is 3.24 Å². The SMILES string of the molecule is Br.C=CCN1c2ccccc2C(C)(C)C1C. The molecular formula is C14H20BrN. The number of fused-ring (bicyclic) bond motifs is 1. The van der Waals surface area contributed by atoms with Gasteiger partial charge in [-0.1, -0.05) is 38.1 Å². The Bertz CT molecular complexity index is 384. The van der Waals surface area contributed by atoms with E-state index in [0.29, 0.717) is 6.04 Å². The molecule has 0 radical (unpaired) electrons. The lowest BCUT2D eigenvalue weighted by molar-refractivity contribution is 0.448. The average molecular weight is 282 g/mol. The van der Waals surface area contributed by atoms with Crippen molar-refractivity contribution < 1.29 is 0 Å². The molecule has 1 aromatic carbocycles. The summed E-state index contributed by atoms with van der Waals surface area (Å²) in [6.07, 6.45) is 1.98. The molecule has 0 fully saturated rings. The van der Waals surface area contributed by atoms with Gasteiger partial charge in [-0.2, -0.15) is 0 Å². The number of para-hydroxylation sites is 1. The van der Waals surface area contributed by atoms with Gasteiger partial charge >= 0.3 is 0 Å². The molecule has 1 unspecified atom stereocenters. The Labute approximate surface area is 109 Å². The van der Waals surface area contributed by atoms with E-state index in [1.165, 1.54) is 11.3 Å². The molecule has 0 aromatic heterocycles. The smallest absolute Gasteiger partial charge is 0.0410 e. The van der Waals surface area contributed by atoms with Gasteiger partial charge in [0.25, 0.3) is 0 Å². The summed E-state index contributed by atoms with van der Waals surface area (Å²) in [6, 6.07) is 9.24. The van der Waals surface area contributed by atoms with E-state index < -0.39 is 0 Å². The molecule has 1 nitrogen and oxygen atoms in total. The van der Waals surface area contributed by atoms with Crippen LogP contribution in [0.3, 0.4) is 0 Å². The summed E-state index contributed by atoms with van der Waals surface area (Å²) in [5.41, 5.74) is 3.06. The van der Waals surface area contributed by atoms with Gasteiger partial charge in [-0.25, -0.2) is 0 Å². The molecule has 0 aliphatic carbocycles. The van der Waals surface area contributed by atoms with Crippen LogP contribution in [0.25, 0.3) is 0 Å². The first kappa shape index (κ1) is 13.3. The number of benzene rings is 1. The van der Waals surface area contributed by atoms with Gasteiger partial charge in [0.05, 0.1) is 0 Å². The first-order chi connectivity index (χ1) is 7.09. The predicted molar refractivity (Wildman–Crippen MR) is 76.8 cm³/mol. The van der Waals surface area contributed by atoms with Gasteiger partial charge in [0.15, 0.2) is 0 Å². The normalized spacial score (nSPS) is 21.2. The summed E-state index contributed by atoms with van der Waals surface area (Å²) in [6.45, 7) is 11.7. The van der Waals surface area contributed by atoms with Crippen molar-refractivity contribution in [2.75, 3.05) is 11.4 Å². The van der Waals surface area contributed by atoms with E-state index in [-0.39, 0.29) is 22.4 Å². The monoisotopic (exact) mass is 281 g/mol. The summed E-state index contributed by atoms with van der Waals surface area (Å²) in [5.74, 6) is 0. The molecule has 2 heteroatoms. The van der Waals surface area contributed by atoms with E-state index in [1.807, 2.05) is 6.08 Å². The first-order valence-electron chi connectivity index (χ1n) is 5.56. The van der Waals surface area contributed by atoms with Crippen molar-refractivity contribution >= 4 is 22.7 Å². The molecule has 1 aromatic rings. The van der Waals surface area contributed by atoms with Crippen LogP contribution in [-0.4, -0.2) is 12.6 Å². The third-order valence-electron chi connectivity index (χ3n) is 3.75. The van der Waals surface area contributed by atoms with E-state index in [0.717, 1.165) is 6.54 Å². The number of anilines is 1. The highest BCUT2D eigenvalue weighted by Crippen LogP contribution is 2.44. The Kier molecular flexibility index (Phi) is 3.84. The lowest BCUT2D eigenvalue weighted by Gasteiger charge is -2.30. The highest BCUT2D eigenvalue weighted by Gasteiger charge is 2.40. The van der Waals surface area contributed by atoms with Gasteiger partial charge in [0, 0.05) is 23.7 Å². The van der Waals surface area contributed by atoms with Gasteiger partial charge in [0.1, 0.15) is 0 Å². The second kappa shape index (κ2) is 4.62. The summed E-state index contributed by atoms with van der Waals surface area (Å²) < 4.78 is 0. The Morgan fingerprint density at radius 3 is 2.62 bits per heavy atom. The van der Waals surface area contributed by atoms with Gasteiger partial charge < -0.3 is 4.90 Å². The molecule has 1 aliphatic heterocycles. The van der Waals surface area contributed by atoms with Gasteiger partial charge in [0.2, 0.25) is 0 Å². The van der Waals surface area contributed by atoms with Gasteiger partial charge in [-0.15, -0.1) is 23.6 Å². The Balaban J connectivity index is 0.00000128. The molecule has 16 heavy (non-hydrogen) atoms. The molecule has 2 rings (SSSR count). The minimum Gasteiger partial charge on any atom is -0.364 e. The minimum atomic E-state index is 0. The van der Waals surface area contributed by atoms with E-state index in [4.69, 9.17) is 0 Å². The van der Waals surface area contributed by atoms with Crippen molar-refractivity contribution in [3.8, 4) is 0 Å². The molecule has 0 spiro atoms. The third-order valence-corrected chi connectivity index (χ3v) is 3.75. The molecule has 0 saturated carbocycles. The third kappa shape index (κ3) is 1.80. The predicted octanol–water partition coefficient (Wildman–Crippen LogP) is 3.94. The Hall–Kier alpha value is -0.760. The quantitative estimate of drug-likeness (QED) is 0.743. The van der Waals surface area contributed by atoms with Crippen molar-refractivity contribution in [2.24, 2.45) is 0 Å². The van der Waals surface area contributed by atoms with Crippen LogP contribution in [0.1, 0.15) is 26.3 Å². The van der Waals surface area contributed by atoms with Gasteiger partial charge in [-0.05, 0) is 18.6 Å². The number of halogens is 1. The van der Waals surface area contributed by atoms with Crippen LogP contribution in [-0.2, 0) is 5.41 Å². The molecule has 0 N–H and O–H groups in total. The molecule has 1 atom stereocenters. The number of hydrogen-bond donors (Lipinski definition) is 0. The Morgan fingerprint density at radius 2 is 2.00 bits per heavy atom. The molecular weight excluding hydrogens is 262 g/mol. The highest BCUT2D eigenvalue weighted by atomic mass is 79.9. The van der Waals surface area contributed by atoms with Crippen molar-refractivity contribution in [1.82, 2.24) is 0 Å². The zero-order chi connectivity index (χ0) is 11.1. The second-order valence-electron chi connectivity index (χ2n) is 4.86. The number of nitrogens with zero attached hydrogens (tertiary/aromatic N) is 1. The van der Waals surface area contributed by atoms with E-state index in [1.54, 1.807) is 0 Å². The number of hydrogen-bond acceptors (Lipinski definition) is 1. The number of rotatable bonds is 2. The molecule has 0 saturated heterocycles. The van der Waals surface area contributed by atoms with Crippen molar-refractivity contribution in [1.29, 1.82) is 0 Å². The highest BCUT2D eigenvalue weighted by molar-refractivity contribution is 8.93. The summed E-state index contributed by atoms with van der Waals surface area (Å²) in [7, 11) is 0. The van der Waals surface area contributed by atoms with Gasteiger partial charge in [-0.3, -0.25) is 0 Å². The van der Waals surface area contributed by atoms with E-state index in [9.17, 15) is 0 Å². The van der Waals surface area contributed by atoms with Crippen molar-refractivity contribution in [2.45, 2.75) is 32.2 Å². The van der Waals surface area contributed by atoms with Crippen LogP contribution < -0.4 is 4.90 Å². The standard InChI is InChI=1S/C14H19N.BrH/c1-5-10-15-11(2)14(3,4)12-8-6-7-9-13(12)15;/h5-9,11H,1,10H2,2-4H3;1H. The summed E-state index contributed by atoms with van der Waals surface area (Å²) in [5, 5.41) is 0. The van der Waals surface area contributed by atoms with Crippen LogP contribution in [0.4, 0.5) is 5.69 Å². The molecule has 0 amide bonds. The van der Waals surface area contributed by atoms with Crippen LogP contribution in [0.2, 0.25) is 0 Å². The van der Waals surface area contributed by atoms with Crippen LogP contribution in [0.5, 0.6) is 0 Å². The van der Waals surface area contributed by atoms with Crippen molar-refractivity contribution in [3.05, 3.63) is 42.5 Å². The van der Waals surface area contributed by atoms with E-state index >= 15 is 0 Å². The molecule has 0 bridgehead atoms. The maximum Gasteiger partial charge on any atom is 0.0410 e. The molecule has 1 aliphatic rings. The summed E-state index contributed by atoms with van der Waals surface area (Å²) >= 11 is 0. The average Bonchev–Trinajstić information content (AvgIpc) is 2.42.